The second-order valence-corrected chi connectivity index (χ2v) is 16.3. The maximum Gasteiger partial charge on any atom is 0.306 e. The molecule has 0 N–H and O–H groups in total. The average Bonchev–Trinajstić information content (AvgIpc) is 3.27. The van der Waals surface area contributed by atoms with Gasteiger partial charge < -0.3 is 14.2 Å². The average molecular weight is 861 g/mol. The molecule has 0 spiro atoms. The van der Waals surface area contributed by atoms with Gasteiger partial charge in [0.25, 0.3) is 0 Å². The number of hydrogen-bond acceptors (Lipinski definition) is 6. The lowest BCUT2D eigenvalue weighted by molar-refractivity contribution is -0.166. The van der Waals surface area contributed by atoms with Crippen molar-refractivity contribution in [3.05, 3.63) is 97.2 Å². The van der Waals surface area contributed by atoms with Gasteiger partial charge in [-0.2, -0.15) is 0 Å². The second kappa shape index (κ2) is 50.0. The standard InChI is InChI=1S/C56H92O6/c1-4-7-10-13-16-19-22-25-27-29-31-34-37-40-43-46-49-55(58)61-52-53(51-60-54(57)48-45-42-39-36-33-30-24-21-18-15-12-9-6-3)62-56(59)50-47-44-41-38-35-32-28-26-23-20-17-14-11-8-5-2/h9,12,17-22,26-30,33,39,42,53H,4-8,10-11,13-16,23-25,31-32,34-38,40-41,43-52H2,1-3H3/b12-9-,20-17-,21-18-,22-19-,28-26-,29-27-,33-30-,42-39-. The van der Waals surface area contributed by atoms with Crippen molar-refractivity contribution >= 4 is 17.9 Å². The third kappa shape index (κ3) is 47.4. The summed E-state index contributed by atoms with van der Waals surface area (Å²) < 4.78 is 16.7. The van der Waals surface area contributed by atoms with Crippen LogP contribution in [0.2, 0.25) is 0 Å². The molecule has 0 aliphatic heterocycles. The van der Waals surface area contributed by atoms with E-state index in [-0.39, 0.29) is 37.5 Å². The zero-order chi connectivity index (χ0) is 45.1. The van der Waals surface area contributed by atoms with Gasteiger partial charge in [-0.15, -0.1) is 0 Å². The van der Waals surface area contributed by atoms with Crippen molar-refractivity contribution in [2.24, 2.45) is 0 Å². The summed E-state index contributed by atoms with van der Waals surface area (Å²) in [4.78, 5) is 37.9. The number of unbranched alkanes of at least 4 members (excludes halogenated alkanes) is 17. The van der Waals surface area contributed by atoms with Gasteiger partial charge in [-0.1, -0.05) is 189 Å². The Hall–Kier alpha value is -3.67. The van der Waals surface area contributed by atoms with Crippen LogP contribution in [-0.4, -0.2) is 37.2 Å². The van der Waals surface area contributed by atoms with E-state index >= 15 is 0 Å². The number of carbonyl (C=O) groups is 3. The van der Waals surface area contributed by atoms with Crippen LogP contribution in [0.15, 0.2) is 97.2 Å². The minimum Gasteiger partial charge on any atom is -0.462 e. The van der Waals surface area contributed by atoms with E-state index in [4.69, 9.17) is 14.2 Å². The van der Waals surface area contributed by atoms with Crippen molar-refractivity contribution in [2.45, 2.75) is 226 Å². The van der Waals surface area contributed by atoms with E-state index in [0.29, 0.717) is 19.3 Å². The first-order valence-electron chi connectivity index (χ1n) is 25.2. The first-order chi connectivity index (χ1) is 30.5. The number of carbonyl (C=O) groups excluding carboxylic acids is 3. The summed E-state index contributed by atoms with van der Waals surface area (Å²) in [6.45, 7) is 6.37. The molecule has 0 aliphatic carbocycles. The normalized spacial score (nSPS) is 12.9. The summed E-state index contributed by atoms with van der Waals surface area (Å²) in [5.74, 6) is -1.03. The Morgan fingerprint density at radius 1 is 0.339 bits per heavy atom. The van der Waals surface area contributed by atoms with Crippen LogP contribution in [0.4, 0.5) is 0 Å². The Kier molecular flexibility index (Phi) is 47.0. The number of hydrogen-bond donors (Lipinski definition) is 0. The third-order valence-corrected chi connectivity index (χ3v) is 10.3. The lowest BCUT2D eigenvalue weighted by atomic mass is 10.1. The molecule has 352 valence electrons. The fraction of sp³-hybridized carbons (Fsp3) is 0.661. The van der Waals surface area contributed by atoms with E-state index in [0.717, 1.165) is 116 Å². The minimum absolute atomic E-state index is 0.114. The molecule has 6 heteroatoms. The van der Waals surface area contributed by atoms with Gasteiger partial charge in [0.1, 0.15) is 13.2 Å². The molecule has 1 unspecified atom stereocenters. The van der Waals surface area contributed by atoms with E-state index in [1.54, 1.807) is 0 Å². The van der Waals surface area contributed by atoms with Gasteiger partial charge in [0.15, 0.2) is 6.10 Å². The van der Waals surface area contributed by atoms with Crippen LogP contribution in [0, 0.1) is 0 Å². The third-order valence-electron chi connectivity index (χ3n) is 10.3. The molecular formula is C56H92O6. The highest BCUT2D eigenvalue weighted by Crippen LogP contribution is 2.12. The fourth-order valence-corrected chi connectivity index (χ4v) is 6.51. The Morgan fingerprint density at radius 2 is 0.661 bits per heavy atom. The van der Waals surface area contributed by atoms with E-state index < -0.39 is 6.10 Å². The molecule has 0 aliphatic rings. The maximum atomic E-state index is 12.8. The van der Waals surface area contributed by atoms with Crippen molar-refractivity contribution in [1.29, 1.82) is 0 Å². The highest BCUT2D eigenvalue weighted by molar-refractivity contribution is 5.71. The molecule has 0 heterocycles. The highest BCUT2D eigenvalue weighted by atomic mass is 16.6. The number of allylic oxidation sites excluding steroid dienone is 16. The van der Waals surface area contributed by atoms with Crippen molar-refractivity contribution in [3.63, 3.8) is 0 Å². The SMILES string of the molecule is CC/C=C\C/C=C\C/C=C\C/C=C\CCC(=O)OCC(COC(=O)CCCCCCC/C=C\C/C=C\CCCCCC)OC(=O)CCCCCCC/C=C\C/C=C\CCCCC. The summed E-state index contributed by atoms with van der Waals surface area (Å²) >= 11 is 0. The van der Waals surface area contributed by atoms with E-state index in [2.05, 4.69) is 106 Å². The lowest BCUT2D eigenvalue weighted by Gasteiger charge is -2.18. The number of esters is 3. The smallest absolute Gasteiger partial charge is 0.306 e. The minimum atomic E-state index is -0.819. The van der Waals surface area contributed by atoms with Crippen LogP contribution < -0.4 is 0 Å². The summed E-state index contributed by atoms with van der Waals surface area (Å²) in [6.07, 6.45) is 65.4. The second-order valence-electron chi connectivity index (χ2n) is 16.3. The molecule has 0 aromatic rings. The van der Waals surface area contributed by atoms with Crippen molar-refractivity contribution in [3.8, 4) is 0 Å². The molecule has 6 nitrogen and oxygen atoms in total. The summed E-state index contributed by atoms with van der Waals surface area (Å²) in [6, 6.07) is 0. The van der Waals surface area contributed by atoms with Gasteiger partial charge in [-0.05, 0) is 109 Å². The zero-order valence-corrected chi connectivity index (χ0v) is 40.1. The van der Waals surface area contributed by atoms with Crippen molar-refractivity contribution < 1.29 is 28.6 Å². The van der Waals surface area contributed by atoms with Crippen LogP contribution in [0.1, 0.15) is 220 Å². The van der Waals surface area contributed by atoms with Gasteiger partial charge >= 0.3 is 17.9 Å². The first-order valence-corrected chi connectivity index (χ1v) is 25.2. The molecule has 1 atom stereocenters. The predicted octanol–water partition coefficient (Wildman–Crippen LogP) is 16.6. The van der Waals surface area contributed by atoms with Gasteiger partial charge in [0.2, 0.25) is 0 Å². The van der Waals surface area contributed by atoms with Gasteiger partial charge in [-0.25, -0.2) is 0 Å². The Balaban J connectivity index is 4.53. The molecule has 0 fully saturated rings. The van der Waals surface area contributed by atoms with Gasteiger partial charge in [-0.3, -0.25) is 14.4 Å². The Morgan fingerprint density at radius 3 is 1.11 bits per heavy atom. The van der Waals surface area contributed by atoms with E-state index in [1.807, 2.05) is 12.2 Å². The molecular weight excluding hydrogens is 769 g/mol. The first kappa shape index (κ1) is 58.3. The highest BCUT2D eigenvalue weighted by Gasteiger charge is 2.19. The predicted molar refractivity (Wildman–Crippen MR) is 265 cm³/mol. The Labute approximate surface area is 381 Å². The summed E-state index contributed by atoms with van der Waals surface area (Å²) in [5, 5.41) is 0. The van der Waals surface area contributed by atoms with Crippen LogP contribution in [0.3, 0.4) is 0 Å². The van der Waals surface area contributed by atoms with Crippen LogP contribution in [-0.2, 0) is 28.6 Å². The van der Waals surface area contributed by atoms with Crippen molar-refractivity contribution in [1.82, 2.24) is 0 Å². The number of ether oxygens (including phenoxy) is 3. The van der Waals surface area contributed by atoms with Gasteiger partial charge in [0.05, 0.1) is 0 Å². The van der Waals surface area contributed by atoms with Crippen LogP contribution >= 0.6 is 0 Å². The molecule has 0 aromatic heterocycles. The zero-order valence-electron chi connectivity index (χ0n) is 40.1. The monoisotopic (exact) mass is 861 g/mol. The summed E-state index contributed by atoms with van der Waals surface area (Å²) in [7, 11) is 0. The quantitative estimate of drug-likeness (QED) is 0.0263. The molecule has 0 rings (SSSR count). The maximum absolute atomic E-state index is 12.8. The molecule has 0 radical (unpaired) electrons. The molecule has 0 bridgehead atoms. The topological polar surface area (TPSA) is 78.9 Å². The molecule has 0 saturated carbocycles. The van der Waals surface area contributed by atoms with Crippen LogP contribution in [0.5, 0.6) is 0 Å². The van der Waals surface area contributed by atoms with E-state index in [9.17, 15) is 14.4 Å². The number of rotatable bonds is 44. The largest absolute Gasteiger partial charge is 0.462 e. The van der Waals surface area contributed by atoms with Crippen LogP contribution in [0.25, 0.3) is 0 Å². The fourth-order valence-electron chi connectivity index (χ4n) is 6.51. The molecule has 0 saturated heterocycles. The molecule has 0 aromatic carbocycles. The van der Waals surface area contributed by atoms with Gasteiger partial charge in [0, 0.05) is 19.3 Å². The Bertz CT molecular complexity index is 1260. The molecule has 0 amide bonds. The van der Waals surface area contributed by atoms with E-state index in [1.165, 1.54) is 57.8 Å². The molecule has 62 heavy (non-hydrogen) atoms. The lowest BCUT2D eigenvalue weighted by Crippen LogP contribution is -2.30. The van der Waals surface area contributed by atoms with Crippen molar-refractivity contribution in [2.75, 3.05) is 13.2 Å². The summed E-state index contributed by atoms with van der Waals surface area (Å²) in [5.41, 5.74) is 0.